The van der Waals surface area contributed by atoms with E-state index in [-0.39, 0.29) is 18.4 Å². The molecular formula is C25H37NO5. The molecule has 1 aliphatic rings. The molecule has 1 amide bonds. The third-order valence-electron chi connectivity index (χ3n) is 5.80. The van der Waals surface area contributed by atoms with E-state index in [0.29, 0.717) is 26.0 Å². The number of likely N-dealkylation sites (tertiary alicyclic amines) is 1. The average molecular weight is 432 g/mol. The Kier molecular flexibility index (Phi) is 9.72. The molecule has 6 heteroatoms. The zero-order valence-electron chi connectivity index (χ0n) is 19.0. The van der Waals surface area contributed by atoms with Crippen molar-refractivity contribution in [2.45, 2.75) is 77.5 Å². The molecule has 0 saturated carbocycles. The van der Waals surface area contributed by atoms with Gasteiger partial charge in [-0.25, -0.2) is 0 Å². The van der Waals surface area contributed by atoms with Crippen LogP contribution in [-0.2, 0) is 27.4 Å². The van der Waals surface area contributed by atoms with Gasteiger partial charge in [0.25, 0.3) is 0 Å². The highest BCUT2D eigenvalue weighted by molar-refractivity contribution is 5.85. The van der Waals surface area contributed by atoms with Crippen LogP contribution in [0.2, 0.25) is 0 Å². The van der Waals surface area contributed by atoms with Crippen LogP contribution in [0, 0.1) is 5.41 Å². The zero-order valence-corrected chi connectivity index (χ0v) is 19.0. The molecule has 2 rings (SSSR count). The van der Waals surface area contributed by atoms with E-state index in [2.05, 4.69) is 0 Å². The minimum absolute atomic E-state index is 0.0176. The van der Waals surface area contributed by atoms with Crippen molar-refractivity contribution in [2.75, 3.05) is 13.7 Å². The van der Waals surface area contributed by atoms with Crippen LogP contribution in [-0.4, -0.2) is 52.8 Å². The highest BCUT2D eigenvalue weighted by Gasteiger charge is 2.43. The van der Waals surface area contributed by atoms with Crippen molar-refractivity contribution in [3.63, 3.8) is 0 Å². The fourth-order valence-electron chi connectivity index (χ4n) is 4.19. The summed E-state index contributed by atoms with van der Waals surface area (Å²) in [5.41, 5.74) is 1.72. The van der Waals surface area contributed by atoms with Crippen molar-refractivity contribution in [1.29, 1.82) is 0 Å². The maximum absolute atomic E-state index is 12.8. The van der Waals surface area contributed by atoms with E-state index in [1.165, 1.54) is 0 Å². The second-order valence-corrected chi connectivity index (χ2v) is 9.12. The molecule has 2 atom stereocenters. The molecule has 0 radical (unpaired) electrons. The number of benzene rings is 1. The fourth-order valence-corrected chi connectivity index (χ4v) is 4.19. The Bertz CT molecular complexity index is 758. The molecule has 0 bridgehead atoms. The molecule has 2 N–H and O–H groups in total. The smallest absolute Gasteiger partial charge is 0.303 e. The van der Waals surface area contributed by atoms with E-state index in [0.717, 1.165) is 36.8 Å². The molecule has 1 heterocycles. The summed E-state index contributed by atoms with van der Waals surface area (Å²) >= 11 is 0. The fraction of sp³-hybridized carbons (Fsp3) is 0.600. The second kappa shape index (κ2) is 12.0. The van der Waals surface area contributed by atoms with Crippen molar-refractivity contribution < 1.29 is 24.5 Å². The molecule has 1 aliphatic heterocycles. The van der Waals surface area contributed by atoms with Gasteiger partial charge in [0.05, 0.1) is 18.8 Å². The van der Waals surface area contributed by atoms with E-state index in [1.54, 1.807) is 7.11 Å². The molecule has 0 aliphatic carbocycles. The van der Waals surface area contributed by atoms with E-state index in [1.807, 2.05) is 55.2 Å². The van der Waals surface area contributed by atoms with E-state index < -0.39 is 17.5 Å². The van der Waals surface area contributed by atoms with Crippen LogP contribution in [0.4, 0.5) is 0 Å². The molecular weight excluding hydrogens is 394 g/mol. The number of carbonyl (C=O) groups is 2. The molecule has 0 spiro atoms. The van der Waals surface area contributed by atoms with Crippen LogP contribution in [0.25, 0.3) is 0 Å². The summed E-state index contributed by atoms with van der Waals surface area (Å²) in [4.78, 5) is 25.3. The first-order valence-electron chi connectivity index (χ1n) is 11.2. The maximum Gasteiger partial charge on any atom is 0.303 e. The number of ether oxygens (including phenoxy) is 1. The van der Waals surface area contributed by atoms with Gasteiger partial charge >= 0.3 is 5.97 Å². The number of aliphatic hydroxyl groups is 1. The highest BCUT2D eigenvalue weighted by Crippen LogP contribution is 2.36. The highest BCUT2D eigenvalue weighted by atomic mass is 16.5. The number of methoxy groups -OCH3 is 1. The van der Waals surface area contributed by atoms with Gasteiger partial charge in [0, 0.05) is 31.9 Å². The Balaban J connectivity index is 1.90. The largest absolute Gasteiger partial charge is 0.481 e. The van der Waals surface area contributed by atoms with Crippen LogP contribution < -0.4 is 0 Å². The molecule has 1 aromatic carbocycles. The van der Waals surface area contributed by atoms with Crippen LogP contribution in [0.3, 0.4) is 0 Å². The number of carboxylic acids is 1. The summed E-state index contributed by atoms with van der Waals surface area (Å²) in [6, 6.07) is 7.99. The summed E-state index contributed by atoms with van der Waals surface area (Å²) in [6.45, 7) is 5.16. The van der Waals surface area contributed by atoms with Gasteiger partial charge in [-0.3, -0.25) is 9.59 Å². The van der Waals surface area contributed by atoms with Crippen molar-refractivity contribution in [1.82, 2.24) is 4.90 Å². The van der Waals surface area contributed by atoms with Gasteiger partial charge in [0.2, 0.25) is 5.91 Å². The third-order valence-corrected chi connectivity index (χ3v) is 5.80. The molecule has 1 fully saturated rings. The quantitative estimate of drug-likeness (QED) is 0.365. The Morgan fingerprint density at radius 2 is 1.97 bits per heavy atom. The molecule has 1 saturated heterocycles. The lowest BCUT2D eigenvalue weighted by Gasteiger charge is -2.23. The Morgan fingerprint density at radius 1 is 1.26 bits per heavy atom. The molecule has 0 aromatic heterocycles. The molecule has 1 aromatic rings. The third kappa shape index (κ3) is 8.11. The lowest BCUT2D eigenvalue weighted by Crippen LogP contribution is -2.35. The number of aliphatic carboxylic acids is 1. The van der Waals surface area contributed by atoms with Crippen LogP contribution in [0.15, 0.2) is 36.4 Å². The average Bonchev–Trinajstić information content (AvgIpc) is 2.92. The number of nitrogens with zero attached hydrogens (tertiary/aromatic N) is 1. The lowest BCUT2D eigenvalue weighted by atomic mass is 9.89. The molecule has 6 nitrogen and oxygen atoms in total. The Morgan fingerprint density at radius 3 is 2.68 bits per heavy atom. The van der Waals surface area contributed by atoms with Crippen LogP contribution >= 0.6 is 0 Å². The molecule has 172 valence electrons. The lowest BCUT2D eigenvalue weighted by molar-refractivity contribution is -0.137. The number of hydrogen-bond acceptors (Lipinski definition) is 4. The number of carboxylic acid groups (broad SMARTS) is 1. The number of carbonyl (C=O) groups excluding carboxylic acids is 1. The number of rotatable bonds is 13. The summed E-state index contributed by atoms with van der Waals surface area (Å²) < 4.78 is 5.17. The van der Waals surface area contributed by atoms with Gasteiger partial charge in [-0.1, -0.05) is 63.1 Å². The summed E-state index contributed by atoms with van der Waals surface area (Å²) in [5, 5.41) is 19.2. The van der Waals surface area contributed by atoms with Gasteiger partial charge in [-0.05, 0) is 30.4 Å². The summed E-state index contributed by atoms with van der Waals surface area (Å²) in [7, 11) is 1.66. The van der Waals surface area contributed by atoms with Gasteiger partial charge in [-0.15, -0.1) is 0 Å². The van der Waals surface area contributed by atoms with Gasteiger partial charge in [-0.2, -0.15) is 0 Å². The second-order valence-electron chi connectivity index (χ2n) is 9.12. The topological polar surface area (TPSA) is 87.1 Å². The van der Waals surface area contributed by atoms with Crippen molar-refractivity contribution >= 4 is 11.9 Å². The van der Waals surface area contributed by atoms with Crippen molar-refractivity contribution in [2.24, 2.45) is 5.41 Å². The normalized spacial score (nSPS) is 19.3. The number of hydrogen-bond donors (Lipinski definition) is 2. The standard InChI is InChI=1S/C25H37NO5/c1-25(2)17-21(26(24(25)30)14-7-5-4-6-11-23(28)29)12-13-22(27)16-19-9-8-10-20(15-19)18-31-3/h8-10,12-13,15,21-22,27H,4-7,11,14,16-18H2,1-3H3,(H,28,29). The maximum atomic E-state index is 12.8. The number of unbranched alkanes of at least 4 members (excludes halogenated alkanes) is 3. The first kappa shape index (κ1) is 25.1. The van der Waals surface area contributed by atoms with Crippen molar-refractivity contribution in [3.05, 3.63) is 47.5 Å². The van der Waals surface area contributed by atoms with E-state index in [9.17, 15) is 14.7 Å². The summed E-state index contributed by atoms with van der Waals surface area (Å²) in [5.74, 6) is -0.611. The van der Waals surface area contributed by atoms with Gasteiger partial charge < -0.3 is 19.8 Å². The Hall–Kier alpha value is -2.18. The number of amides is 1. The van der Waals surface area contributed by atoms with Crippen LogP contribution in [0.1, 0.15) is 63.5 Å². The molecule has 2 unspecified atom stereocenters. The van der Waals surface area contributed by atoms with Crippen LogP contribution in [0.5, 0.6) is 0 Å². The SMILES string of the molecule is COCc1cccc(CC(O)C=CC2CC(C)(C)C(=O)N2CCCCCCC(=O)O)c1. The first-order valence-corrected chi connectivity index (χ1v) is 11.2. The van der Waals surface area contributed by atoms with Crippen molar-refractivity contribution in [3.8, 4) is 0 Å². The van der Waals surface area contributed by atoms with E-state index >= 15 is 0 Å². The zero-order chi connectivity index (χ0) is 22.9. The van der Waals surface area contributed by atoms with E-state index in [4.69, 9.17) is 9.84 Å². The Labute approximate surface area is 185 Å². The number of aliphatic hydroxyl groups excluding tert-OH is 1. The van der Waals surface area contributed by atoms with Gasteiger partial charge in [0.1, 0.15) is 0 Å². The molecule has 31 heavy (non-hydrogen) atoms. The predicted octanol–water partition coefficient (Wildman–Crippen LogP) is 3.95. The van der Waals surface area contributed by atoms with Gasteiger partial charge in [0.15, 0.2) is 0 Å². The predicted molar refractivity (Wildman–Crippen MR) is 121 cm³/mol. The minimum atomic E-state index is -0.759. The summed E-state index contributed by atoms with van der Waals surface area (Å²) in [6.07, 6.45) is 7.92. The minimum Gasteiger partial charge on any atom is -0.481 e. The monoisotopic (exact) mass is 431 g/mol. The first-order chi connectivity index (χ1) is 14.7.